The van der Waals surface area contributed by atoms with Crippen molar-refractivity contribution in [3.8, 4) is 0 Å². The quantitative estimate of drug-likeness (QED) is 0.749. The molecule has 0 unspecified atom stereocenters. The number of hydrogen-bond donors (Lipinski definition) is 2. The summed E-state index contributed by atoms with van der Waals surface area (Å²) in [5.74, 6) is -0.377. The Morgan fingerprint density at radius 2 is 2.15 bits per heavy atom. The number of ketones is 1. The molecule has 1 aliphatic rings. The summed E-state index contributed by atoms with van der Waals surface area (Å²) >= 11 is 1.75. The minimum Gasteiger partial charge on any atom is -0.384 e. The average Bonchev–Trinajstić information content (AvgIpc) is 3.07. The summed E-state index contributed by atoms with van der Waals surface area (Å²) in [7, 11) is 0. The lowest BCUT2D eigenvalue weighted by molar-refractivity contribution is 0.0876. The van der Waals surface area contributed by atoms with Crippen molar-refractivity contribution in [1.82, 2.24) is 14.5 Å². The largest absolute Gasteiger partial charge is 0.384 e. The van der Waals surface area contributed by atoms with Gasteiger partial charge in [-0.1, -0.05) is 13.8 Å². The smallest absolute Gasteiger partial charge is 0.329 e. The topological polar surface area (TPSA) is 101 Å². The Morgan fingerprint density at radius 1 is 1.38 bits per heavy atom. The first kappa shape index (κ1) is 18.6. The van der Waals surface area contributed by atoms with Crippen molar-refractivity contribution in [3.05, 3.63) is 48.3 Å². The van der Waals surface area contributed by atoms with Gasteiger partial charge in [-0.15, -0.1) is 11.3 Å². The lowest BCUT2D eigenvalue weighted by Gasteiger charge is -2.34. The van der Waals surface area contributed by atoms with Crippen LogP contribution in [0.1, 0.15) is 53.5 Å². The number of fused-ring (bicyclic) bond motifs is 1. The maximum atomic E-state index is 12.9. The van der Waals surface area contributed by atoms with Gasteiger partial charge >= 0.3 is 5.69 Å². The van der Waals surface area contributed by atoms with Gasteiger partial charge in [0.05, 0.1) is 6.54 Å². The number of nitrogens with zero attached hydrogens (tertiary/aromatic N) is 2. The third kappa shape index (κ3) is 3.26. The number of nitrogens with one attached hydrogen (secondary N) is 1. The van der Waals surface area contributed by atoms with Gasteiger partial charge in [0.15, 0.2) is 5.78 Å². The Kier molecular flexibility index (Phi) is 5.43. The van der Waals surface area contributed by atoms with Gasteiger partial charge < -0.3 is 5.73 Å². The van der Waals surface area contributed by atoms with Gasteiger partial charge in [-0.25, -0.2) is 4.79 Å². The molecule has 3 rings (SSSR count). The normalized spacial score (nSPS) is 17.2. The zero-order chi connectivity index (χ0) is 18.8. The molecule has 0 saturated carbocycles. The van der Waals surface area contributed by atoms with Gasteiger partial charge in [0.1, 0.15) is 11.4 Å². The van der Waals surface area contributed by atoms with Crippen LogP contribution >= 0.6 is 11.3 Å². The summed E-state index contributed by atoms with van der Waals surface area (Å²) in [4.78, 5) is 42.7. The molecule has 7 nitrogen and oxygen atoms in total. The zero-order valence-electron chi connectivity index (χ0n) is 15.1. The fourth-order valence-corrected chi connectivity index (χ4v) is 4.61. The van der Waals surface area contributed by atoms with Gasteiger partial charge in [0.25, 0.3) is 5.56 Å². The van der Waals surface area contributed by atoms with E-state index in [1.165, 1.54) is 15.0 Å². The van der Waals surface area contributed by atoms with E-state index in [0.717, 1.165) is 19.4 Å². The molecule has 3 N–H and O–H groups in total. The number of Topliss-reactive ketones (excluding diaryl/α,β-unsaturated/α-hetero) is 1. The number of carbonyl (C=O) groups is 1. The molecule has 0 spiro atoms. The SMILES string of the molecule is CCCn1c(N)c(C(=O)CN2CCc3sccc3[C@@H]2CC)c(=O)[nH]c1=O. The molecule has 1 aliphatic heterocycles. The molecule has 0 amide bonds. The van der Waals surface area contributed by atoms with Crippen LogP contribution in [0.15, 0.2) is 21.0 Å². The van der Waals surface area contributed by atoms with Crippen LogP contribution in [0.3, 0.4) is 0 Å². The number of rotatable bonds is 6. The molecule has 0 bridgehead atoms. The van der Waals surface area contributed by atoms with E-state index in [1.807, 2.05) is 6.92 Å². The first-order valence-corrected chi connectivity index (χ1v) is 9.81. The molecular weight excluding hydrogens is 352 g/mol. The number of aromatic amines is 1. The van der Waals surface area contributed by atoms with Crippen LogP contribution in [-0.2, 0) is 13.0 Å². The first-order valence-electron chi connectivity index (χ1n) is 8.94. The number of thiophene rings is 1. The zero-order valence-corrected chi connectivity index (χ0v) is 15.9. The monoisotopic (exact) mass is 376 g/mol. The Labute approximate surface area is 155 Å². The molecule has 0 fully saturated rings. The van der Waals surface area contributed by atoms with Gasteiger partial charge in [0, 0.05) is 24.0 Å². The second-order valence-electron chi connectivity index (χ2n) is 6.54. The number of aromatic nitrogens is 2. The van der Waals surface area contributed by atoms with E-state index in [4.69, 9.17) is 5.73 Å². The van der Waals surface area contributed by atoms with Crippen molar-refractivity contribution >= 4 is 22.9 Å². The highest BCUT2D eigenvalue weighted by molar-refractivity contribution is 7.10. The third-order valence-corrected chi connectivity index (χ3v) is 5.90. The van der Waals surface area contributed by atoms with Crippen molar-refractivity contribution in [2.75, 3.05) is 18.8 Å². The summed E-state index contributed by atoms with van der Waals surface area (Å²) in [6.07, 6.45) is 2.46. The van der Waals surface area contributed by atoms with Crippen molar-refractivity contribution in [3.63, 3.8) is 0 Å². The average molecular weight is 376 g/mol. The number of H-pyrrole nitrogens is 1. The van der Waals surface area contributed by atoms with Gasteiger partial charge in [-0.3, -0.25) is 24.0 Å². The molecule has 0 aromatic carbocycles. The van der Waals surface area contributed by atoms with Crippen LogP contribution in [0.4, 0.5) is 5.82 Å². The Bertz CT molecular complexity index is 927. The van der Waals surface area contributed by atoms with E-state index in [1.54, 1.807) is 11.3 Å². The minimum atomic E-state index is -0.703. The fraction of sp³-hybridized carbons (Fsp3) is 0.500. The second-order valence-corrected chi connectivity index (χ2v) is 7.54. The highest BCUT2D eigenvalue weighted by Crippen LogP contribution is 2.35. The van der Waals surface area contributed by atoms with Crippen molar-refractivity contribution in [2.24, 2.45) is 0 Å². The lowest BCUT2D eigenvalue weighted by atomic mass is 9.97. The fourth-order valence-electron chi connectivity index (χ4n) is 3.68. The highest BCUT2D eigenvalue weighted by atomic mass is 32.1. The summed E-state index contributed by atoms with van der Waals surface area (Å²) in [5.41, 5.74) is 5.90. The molecular formula is C18H24N4O3S. The summed E-state index contributed by atoms with van der Waals surface area (Å²) in [6.45, 7) is 5.24. The lowest BCUT2D eigenvalue weighted by Crippen LogP contribution is -2.42. The Morgan fingerprint density at radius 3 is 2.85 bits per heavy atom. The summed E-state index contributed by atoms with van der Waals surface area (Å²) < 4.78 is 1.26. The Balaban J connectivity index is 1.90. The number of carbonyl (C=O) groups excluding carboxylic acids is 1. The van der Waals surface area contributed by atoms with E-state index < -0.39 is 11.2 Å². The maximum Gasteiger partial charge on any atom is 0.329 e. The molecule has 26 heavy (non-hydrogen) atoms. The van der Waals surface area contributed by atoms with Gasteiger partial charge in [0.2, 0.25) is 0 Å². The number of hydrogen-bond acceptors (Lipinski definition) is 6. The van der Waals surface area contributed by atoms with E-state index in [-0.39, 0.29) is 29.8 Å². The number of nitrogens with two attached hydrogens (primary N) is 1. The molecule has 3 heterocycles. The van der Waals surface area contributed by atoms with Crippen LogP contribution in [-0.4, -0.2) is 33.3 Å². The van der Waals surface area contributed by atoms with Crippen LogP contribution in [0, 0.1) is 0 Å². The third-order valence-electron chi connectivity index (χ3n) is 4.90. The maximum absolute atomic E-state index is 12.9. The molecule has 0 aliphatic carbocycles. The molecule has 2 aromatic heterocycles. The first-order chi connectivity index (χ1) is 12.5. The van der Waals surface area contributed by atoms with E-state index in [9.17, 15) is 14.4 Å². The summed E-state index contributed by atoms with van der Waals surface area (Å²) in [5, 5.41) is 2.09. The number of nitrogen functional groups attached to an aromatic ring is 1. The van der Waals surface area contributed by atoms with Crippen molar-refractivity contribution in [1.29, 1.82) is 0 Å². The van der Waals surface area contributed by atoms with Crippen LogP contribution in [0.25, 0.3) is 0 Å². The van der Waals surface area contributed by atoms with Crippen LogP contribution in [0.2, 0.25) is 0 Å². The highest BCUT2D eigenvalue weighted by Gasteiger charge is 2.30. The molecule has 8 heteroatoms. The van der Waals surface area contributed by atoms with Crippen molar-refractivity contribution < 1.29 is 4.79 Å². The van der Waals surface area contributed by atoms with Gasteiger partial charge in [-0.05, 0) is 36.3 Å². The summed E-state index contributed by atoms with van der Waals surface area (Å²) in [6, 6.07) is 2.28. The Hall–Kier alpha value is -2.19. The van der Waals surface area contributed by atoms with E-state index in [2.05, 4.69) is 28.3 Å². The molecule has 140 valence electrons. The second kappa shape index (κ2) is 7.59. The molecule has 1 atom stereocenters. The molecule has 0 radical (unpaired) electrons. The number of anilines is 1. The molecule has 2 aromatic rings. The van der Waals surface area contributed by atoms with E-state index >= 15 is 0 Å². The predicted octanol–water partition coefficient (Wildman–Crippen LogP) is 1.78. The standard InChI is InChI=1S/C18H24N4O3S/c1-3-7-22-16(19)15(17(24)20-18(22)25)13(23)10-21-8-5-14-11(6-9-26-14)12(21)4-2/h6,9,12H,3-5,7-8,10,19H2,1-2H3,(H,20,24,25)/t12-/m0/s1. The van der Waals surface area contributed by atoms with E-state index in [0.29, 0.717) is 13.0 Å². The minimum absolute atomic E-state index is 0.0353. The molecule has 0 saturated heterocycles. The van der Waals surface area contributed by atoms with Crippen molar-refractivity contribution in [2.45, 2.75) is 45.7 Å². The predicted molar refractivity (Wildman–Crippen MR) is 103 cm³/mol. The van der Waals surface area contributed by atoms with Crippen LogP contribution in [0.5, 0.6) is 0 Å². The van der Waals surface area contributed by atoms with Crippen LogP contribution < -0.4 is 17.0 Å². The van der Waals surface area contributed by atoms with Gasteiger partial charge in [-0.2, -0.15) is 0 Å².